The topological polar surface area (TPSA) is 58.2 Å². The molecule has 2 aromatic carbocycles. The third-order valence-electron chi connectivity index (χ3n) is 2.82. The Morgan fingerprint density at radius 3 is 2.29 bits per heavy atom. The van der Waals surface area contributed by atoms with E-state index in [1.807, 2.05) is 0 Å². The van der Waals surface area contributed by atoms with Gasteiger partial charge in [0.1, 0.15) is 5.82 Å². The molecule has 4 nitrogen and oxygen atoms in total. The molecule has 0 aromatic heterocycles. The lowest BCUT2D eigenvalue weighted by atomic mass is 10.3. The van der Waals surface area contributed by atoms with E-state index in [1.165, 1.54) is 24.3 Å². The smallest absolute Gasteiger partial charge is 0.234 e. The van der Waals surface area contributed by atoms with Gasteiger partial charge in [-0.2, -0.15) is 0 Å². The molecule has 0 saturated heterocycles. The highest BCUT2D eigenvalue weighted by Crippen LogP contribution is 2.25. The molecule has 0 atom stereocenters. The SMILES string of the molecule is O=C(CSCC(=O)Nc1ccccc1F)Nc1ccc(Cl)c(Cl)c1. The summed E-state index contributed by atoms with van der Waals surface area (Å²) in [6.07, 6.45) is 0. The van der Waals surface area contributed by atoms with Gasteiger partial charge in [-0.1, -0.05) is 35.3 Å². The van der Waals surface area contributed by atoms with Crippen molar-refractivity contribution in [1.29, 1.82) is 0 Å². The first-order valence-corrected chi connectivity index (χ1v) is 8.74. The first-order valence-electron chi connectivity index (χ1n) is 6.83. The van der Waals surface area contributed by atoms with Gasteiger partial charge in [-0.3, -0.25) is 9.59 Å². The predicted molar refractivity (Wildman–Crippen MR) is 97.4 cm³/mol. The van der Waals surface area contributed by atoms with Crippen LogP contribution in [-0.2, 0) is 9.59 Å². The van der Waals surface area contributed by atoms with Crippen LogP contribution in [0.2, 0.25) is 10.0 Å². The van der Waals surface area contributed by atoms with Gasteiger partial charge in [0.15, 0.2) is 0 Å². The minimum Gasteiger partial charge on any atom is -0.325 e. The lowest BCUT2D eigenvalue weighted by Crippen LogP contribution is -2.18. The van der Waals surface area contributed by atoms with Gasteiger partial charge < -0.3 is 10.6 Å². The molecule has 126 valence electrons. The second kappa shape index (κ2) is 8.92. The van der Waals surface area contributed by atoms with E-state index in [0.29, 0.717) is 15.7 Å². The van der Waals surface area contributed by atoms with Crippen LogP contribution in [0, 0.1) is 5.82 Å². The molecule has 0 aliphatic rings. The molecule has 24 heavy (non-hydrogen) atoms. The summed E-state index contributed by atoms with van der Waals surface area (Å²) >= 11 is 12.8. The van der Waals surface area contributed by atoms with Crippen LogP contribution in [0.3, 0.4) is 0 Å². The first kappa shape index (κ1) is 18.6. The van der Waals surface area contributed by atoms with Gasteiger partial charge in [0, 0.05) is 5.69 Å². The Balaban J connectivity index is 1.75. The highest BCUT2D eigenvalue weighted by molar-refractivity contribution is 8.00. The number of amides is 2. The number of hydrogen-bond acceptors (Lipinski definition) is 3. The Morgan fingerprint density at radius 1 is 0.958 bits per heavy atom. The van der Waals surface area contributed by atoms with Crippen molar-refractivity contribution in [3.63, 3.8) is 0 Å². The summed E-state index contributed by atoms with van der Waals surface area (Å²) < 4.78 is 13.4. The summed E-state index contributed by atoms with van der Waals surface area (Å²) in [4.78, 5) is 23.5. The molecule has 0 unspecified atom stereocenters. The zero-order valence-electron chi connectivity index (χ0n) is 12.3. The molecule has 0 fully saturated rings. The maximum Gasteiger partial charge on any atom is 0.234 e. The van der Waals surface area contributed by atoms with Crippen LogP contribution in [0.5, 0.6) is 0 Å². The number of anilines is 2. The van der Waals surface area contributed by atoms with Crippen LogP contribution in [0.4, 0.5) is 15.8 Å². The summed E-state index contributed by atoms with van der Waals surface area (Å²) in [6, 6.07) is 10.6. The van der Waals surface area contributed by atoms with E-state index in [9.17, 15) is 14.0 Å². The molecule has 0 aliphatic carbocycles. The Kier molecular flexibility index (Phi) is 6.90. The number of hydrogen-bond donors (Lipinski definition) is 2. The van der Waals surface area contributed by atoms with Crippen LogP contribution in [0.1, 0.15) is 0 Å². The minimum absolute atomic E-state index is 0.0309. The fourth-order valence-electron chi connectivity index (χ4n) is 1.76. The van der Waals surface area contributed by atoms with Crippen molar-refractivity contribution in [2.75, 3.05) is 22.1 Å². The number of halogens is 3. The number of nitrogens with one attached hydrogen (secondary N) is 2. The van der Waals surface area contributed by atoms with Gasteiger partial charge in [-0.05, 0) is 30.3 Å². The summed E-state index contributed by atoms with van der Waals surface area (Å²) in [5.41, 5.74) is 0.633. The quantitative estimate of drug-likeness (QED) is 0.771. The van der Waals surface area contributed by atoms with Gasteiger partial charge in [0.05, 0.1) is 27.2 Å². The molecule has 0 bridgehead atoms. The predicted octanol–water partition coefficient (Wildman–Crippen LogP) is 4.44. The molecular formula is C16H13Cl2FN2O2S. The normalized spacial score (nSPS) is 10.3. The van der Waals surface area contributed by atoms with Crippen molar-refractivity contribution in [3.8, 4) is 0 Å². The third-order valence-corrected chi connectivity index (χ3v) is 4.49. The Hall–Kier alpha value is -1.76. The van der Waals surface area contributed by atoms with Crippen LogP contribution < -0.4 is 10.6 Å². The van der Waals surface area contributed by atoms with Crippen molar-refractivity contribution in [1.82, 2.24) is 0 Å². The summed E-state index contributed by atoms with van der Waals surface area (Å²) in [5, 5.41) is 5.83. The van der Waals surface area contributed by atoms with E-state index >= 15 is 0 Å². The van der Waals surface area contributed by atoms with Crippen molar-refractivity contribution in [3.05, 3.63) is 58.3 Å². The van der Waals surface area contributed by atoms with E-state index in [1.54, 1.807) is 18.2 Å². The highest BCUT2D eigenvalue weighted by Gasteiger charge is 2.09. The van der Waals surface area contributed by atoms with Crippen molar-refractivity contribution in [2.45, 2.75) is 0 Å². The van der Waals surface area contributed by atoms with Crippen LogP contribution in [0.15, 0.2) is 42.5 Å². The maximum atomic E-state index is 13.4. The first-order chi connectivity index (χ1) is 11.5. The van der Waals surface area contributed by atoms with Gasteiger partial charge >= 0.3 is 0 Å². The molecule has 8 heteroatoms. The minimum atomic E-state index is -0.506. The Bertz CT molecular complexity index is 759. The molecule has 0 saturated carbocycles. The molecular weight excluding hydrogens is 374 g/mol. The van der Waals surface area contributed by atoms with Gasteiger partial charge in [-0.25, -0.2) is 4.39 Å². The lowest BCUT2D eigenvalue weighted by molar-refractivity contribution is -0.114. The fraction of sp³-hybridized carbons (Fsp3) is 0.125. The van der Waals surface area contributed by atoms with Crippen LogP contribution >= 0.6 is 35.0 Å². The molecule has 0 heterocycles. The number of carbonyl (C=O) groups excluding carboxylic acids is 2. The number of thioether (sulfide) groups is 1. The third kappa shape index (κ3) is 5.70. The summed E-state index contributed by atoms with van der Waals surface area (Å²) in [6.45, 7) is 0. The second-order valence-corrected chi connectivity index (χ2v) is 6.50. The standard InChI is InChI=1S/C16H13Cl2FN2O2S/c17-11-6-5-10(7-12(11)18)20-15(22)8-24-9-16(23)21-14-4-2-1-3-13(14)19/h1-7H,8-9H2,(H,20,22)(H,21,23). The monoisotopic (exact) mass is 386 g/mol. The zero-order chi connectivity index (χ0) is 17.5. The summed E-state index contributed by atoms with van der Waals surface area (Å²) in [7, 11) is 0. The van der Waals surface area contributed by atoms with Gasteiger partial charge in [0.2, 0.25) is 11.8 Å². The van der Waals surface area contributed by atoms with Crippen LogP contribution in [0.25, 0.3) is 0 Å². The second-order valence-electron chi connectivity index (χ2n) is 4.70. The maximum absolute atomic E-state index is 13.4. The molecule has 0 radical (unpaired) electrons. The highest BCUT2D eigenvalue weighted by atomic mass is 35.5. The van der Waals surface area contributed by atoms with Gasteiger partial charge in [-0.15, -0.1) is 11.8 Å². The molecule has 2 rings (SSSR count). The summed E-state index contributed by atoms with van der Waals surface area (Å²) in [5.74, 6) is -1.06. The van der Waals surface area contributed by atoms with Crippen LogP contribution in [-0.4, -0.2) is 23.3 Å². The molecule has 2 amide bonds. The Labute approximate surface area is 152 Å². The zero-order valence-corrected chi connectivity index (χ0v) is 14.6. The fourth-order valence-corrected chi connectivity index (χ4v) is 2.67. The van der Waals surface area contributed by atoms with Crippen molar-refractivity contribution in [2.24, 2.45) is 0 Å². The molecule has 2 N–H and O–H groups in total. The average molecular weight is 387 g/mol. The molecule has 0 spiro atoms. The van der Waals surface area contributed by atoms with E-state index < -0.39 is 5.82 Å². The van der Waals surface area contributed by atoms with Crippen molar-refractivity contribution >= 4 is 58.2 Å². The molecule has 0 aliphatic heterocycles. The Morgan fingerprint density at radius 2 is 1.62 bits per heavy atom. The average Bonchev–Trinajstić information content (AvgIpc) is 2.53. The van der Waals surface area contributed by atoms with E-state index in [-0.39, 0.29) is 29.0 Å². The van der Waals surface area contributed by atoms with Gasteiger partial charge in [0.25, 0.3) is 0 Å². The number of carbonyl (C=O) groups is 2. The number of rotatable bonds is 6. The molecule has 2 aromatic rings. The largest absolute Gasteiger partial charge is 0.325 e. The van der Waals surface area contributed by atoms with E-state index in [4.69, 9.17) is 23.2 Å². The number of para-hydroxylation sites is 1. The lowest BCUT2D eigenvalue weighted by Gasteiger charge is -2.07. The number of benzene rings is 2. The van der Waals surface area contributed by atoms with E-state index in [2.05, 4.69) is 10.6 Å². The van der Waals surface area contributed by atoms with E-state index in [0.717, 1.165) is 11.8 Å². The van der Waals surface area contributed by atoms with Crippen molar-refractivity contribution < 1.29 is 14.0 Å².